The van der Waals surface area contributed by atoms with Crippen LogP contribution in [-0.2, 0) is 4.74 Å². The van der Waals surface area contributed by atoms with Crippen LogP contribution in [0.2, 0.25) is 0 Å². The first kappa shape index (κ1) is 21.4. The lowest BCUT2D eigenvalue weighted by Crippen LogP contribution is -2.42. The smallest absolute Gasteiger partial charge is 0.251 e. The number of fused-ring (bicyclic) bond motifs is 1. The fraction of sp³-hybridized carbons (Fsp3) is 0.640. The van der Waals surface area contributed by atoms with Crippen molar-refractivity contribution in [2.24, 2.45) is 5.92 Å². The predicted molar refractivity (Wildman–Crippen MR) is 122 cm³/mol. The number of benzene rings is 1. The molecule has 0 unspecified atom stereocenters. The Labute approximate surface area is 180 Å². The Morgan fingerprint density at radius 2 is 1.87 bits per heavy atom. The third-order valence-corrected chi connectivity index (χ3v) is 6.83. The zero-order valence-electron chi connectivity index (χ0n) is 18.5. The van der Waals surface area contributed by atoms with Crippen molar-refractivity contribution >= 4 is 18.2 Å². The second-order valence-electron chi connectivity index (χ2n) is 9.15. The maximum absolute atomic E-state index is 12.8. The van der Waals surface area contributed by atoms with E-state index in [4.69, 9.17) is 4.74 Å². The number of ether oxygens (including phenoxy) is 1. The molecule has 4 rings (SSSR count). The molecule has 3 aliphatic rings. The summed E-state index contributed by atoms with van der Waals surface area (Å²) in [6.45, 7) is 9.23. The lowest BCUT2D eigenvalue weighted by atomic mass is 9.99. The average molecular weight is 412 g/mol. The number of hydrogen-bond acceptors (Lipinski definition) is 4. The van der Waals surface area contributed by atoms with Gasteiger partial charge in [-0.2, -0.15) is 0 Å². The number of rotatable bonds is 6. The highest BCUT2D eigenvalue weighted by atomic mass is 16.5. The Morgan fingerprint density at radius 3 is 2.63 bits per heavy atom. The molecule has 1 aromatic carbocycles. The van der Waals surface area contributed by atoms with Gasteiger partial charge in [0.25, 0.3) is 5.91 Å². The van der Waals surface area contributed by atoms with Crippen molar-refractivity contribution in [3.05, 3.63) is 33.7 Å². The van der Waals surface area contributed by atoms with Crippen molar-refractivity contribution in [2.75, 3.05) is 52.5 Å². The first-order valence-electron chi connectivity index (χ1n) is 11.8. The summed E-state index contributed by atoms with van der Waals surface area (Å²) in [5.74, 6) is 0.852. The van der Waals surface area contributed by atoms with Crippen LogP contribution in [-0.4, -0.2) is 68.2 Å². The highest BCUT2D eigenvalue weighted by Crippen LogP contribution is 2.23. The van der Waals surface area contributed by atoms with Crippen LogP contribution in [0.5, 0.6) is 0 Å². The lowest BCUT2D eigenvalue weighted by Gasteiger charge is -2.27. The molecule has 2 aliphatic heterocycles. The molecule has 0 aromatic heterocycles. The molecule has 1 saturated heterocycles. The molecule has 2 heterocycles. The largest absolute Gasteiger partial charge is 0.379 e. The SMILES string of the molecule is Cc1cc2c(cc1C(=O)NCCN1CCOCC1)=CN(CC1CCCCCC1)CC=2. The Morgan fingerprint density at radius 1 is 1.10 bits per heavy atom. The number of nitrogens with one attached hydrogen (secondary N) is 1. The van der Waals surface area contributed by atoms with E-state index in [-0.39, 0.29) is 5.91 Å². The maximum Gasteiger partial charge on any atom is 0.251 e. The zero-order chi connectivity index (χ0) is 20.8. The van der Waals surface area contributed by atoms with Crippen LogP contribution >= 0.6 is 0 Å². The van der Waals surface area contributed by atoms with E-state index in [1.165, 1.54) is 49.0 Å². The van der Waals surface area contributed by atoms with Crippen molar-refractivity contribution in [1.82, 2.24) is 15.1 Å². The number of aryl methyl sites for hydroxylation is 1. The number of carbonyl (C=O) groups is 1. The molecule has 0 bridgehead atoms. The van der Waals surface area contributed by atoms with E-state index in [9.17, 15) is 4.79 Å². The Kier molecular flexibility index (Phi) is 7.45. The minimum atomic E-state index is 0.0397. The first-order chi connectivity index (χ1) is 14.7. The number of hydrogen-bond donors (Lipinski definition) is 1. The molecule has 1 saturated carbocycles. The fourth-order valence-corrected chi connectivity index (χ4v) is 5.00. The molecule has 1 amide bonds. The molecular formula is C25H37N3O2. The summed E-state index contributed by atoms with van der Waals surface area (Å²) in [4.78, 5) is 17.6. The van der Waals surface area contributed by atoms with Crippen LogP contribution in [0.4, 0.5) is 0 Å². The Balaban J connectivity index is 1.39. The monoisotopic (exact) mass is 411 g/mol. The van der Waals surface area contributed by atoms with Gasteiger partial charge in [0.05, 0.1) is 13.2 Å². The maximum atomic E-state index is 12.8. The summed E-state index contributed by atoms with van der Waals surface area (Å²) in [6, 6.07) is 4.26. The highest BCUT2D eigenvalue weighted by molar-refractivity contribution is 5.95. The summed E-state index contributed by atoms with van der Waals surface area (Å²) < 4.78 is 5.39. The molecular weight excluding hydrogens is 374 g/mol. The summed E-state index contributed by atoms with van der Waals surface area (Å²) in [5, 5.41) is 5.56. The van der Waals surface area contributed by atoms with Crippen LogP contribution in [0, 0.1) is 12.8 Å². The van der Waals surface area contributed by atoms with Crippen LogP contribution in [0.3, 0.4) is 0 Å². The van der Waals surface area contributed by atoms with Crippen LogP contribution in [0.15, 0.2) is 12.1 Å². The minimum Gasteiger partial charge on any atom is -0.379 e. The Bertz CT molecular complexity index is 837. The van der Waals surface area contributed by atoms with Gasteiger partial charge in [-0.25, -0.2) is 0 Å². The minimum absolute atomic E-state index is 0.0397. The van der Waals surface area contributed by atoms with Crippen molar-refractivity contribution < 1.29 is 9.53 Å². The average Bonchev–Trinajstić information content (AvgIpc) is 3.03. The van der Waals surface area contributed by atoms with E-state index < -0.39 is 0 Å². The normalized spacial score (nSPS) is 20.6. The topological polar surface area (TPSA) is 44.8 Å². The van der Waals surface area contributed by atoms with Crippen molar-refractivity contribution in [1.29, 1.82) is 0 Å². The van der Waals surface area contributed by atoms with Gasteiger partial charge in [-0.15, -0.1) is 0 Å². The fourth-order valence-electron chi connectivity index (χ4n) is 5.00. The molecule has 5 heteroatoms. The number of carbonyl (C=O) groups excluding carboxylic acids is 1. The second kappa shape index (κ2) is 10.5. The molecule has 1 aliphatic carbocycles. The van der Waals surface area contributed by atoms with Gasteiger partial charge >= 0.3 is 0 Å². The van der Waals surface area contributed by atoms with Crippen molar-refractivity contribution in [2.45, 2.75) is 45.4 Å². The lowest BCUT2D eigenvalue weighted by molar-refractivity contribution is 0.0383. The van der Waals surface area contributed by atoms with Gasteiger partial charge in [-0.3, -0.25) is 9.69 Å². The molecule has 1 aromatic rings. The van der Waals surface area contributed by atoms with Gasteiger partial charge in [0.2, 0.25) is 0 Å². The predicted octanol–water partition coefficient (Wildman–Crippen LogP) is 1.86. The summed E-state index contributed by atoms with van der Waals surface area (Å²) >= 11 is 0. The van der Waals surface area contributed by atoms with Crippen molar-refractivity contribution in [3.8, 4) is 0 Å². The third kappa shape index (κ3) is 5.64. The third-order valence-electron chi connectivity index (χ3n) is 6.83. The van der Waals surface area contributed by atoms with E-state index in [2.05, 4.69) is 39.5 Å². The van der Waals surface area contributed by atoms with Gasteiger partial charge in [0.15, 0.2) is 0 Å². The van der Waals surface area contributed by atoms with Crippen LogP contribution in [0.25, 0.3) is 12.3 Å². The quantitative estimate of drug-likeness (QED) is 0.726. The standard InChI is InChI=1S/C25H37N3O2/c1-20-16-22-8-10-28(18-21-6-4-2-3-5-7-21)19-23(22)17-24(20)25(29)26-9-11-27-12-14-30-15-13-27/h8,16-17,19,21H,2-7,9-15,18H2,1H3,(H,26,29). The summed E-state index contributed by atoms with van der Waals surface area (Å²) in [5.41, 5.74) is 1.86. The number of morpholine rings is 1. The molecule has 5 nitrogen and oxygen atoms in total. The van der Waals surface area contributed by atoms with E-state index >= 15 is 0 Å². The zero-order valence-corrected chi connectivity index (χ0v) is 18.5. The molecule has 0 spiro atoms. The van der Waals surface area contributed by atoms with Gasteiger partial charge in [-0.1, -0.05) is 37.8 Å². The van der Waals surface area contributed by atoms with Crippen molar-refractivity contribution in [3.63, 3.8) is 0 Å². The van der Waals surface area contributed by atoms with Gasteiger partial charge in [0.1, 0.15) is 0 Å². The molecule has 0 atom stereocenters. The Hall–Kier alpha value is -1.85. The molecule has 1 N–H and O–H groups in total. The summed E-state index contributed by atoms with van der Waals surface area (Å²) in [7, 11) is 0. The second-order valence-corrected chi connectivity index (χ2v) is 9.15. The molecule has 164 valence electrons. The number of nitrogens with zero attached hydrogens (tertiary/aromatic N) is 2. The van der Waals surface area contributed by atoms with Gasteiger partial charge < -0.3 is 15.0 Å². The van der Waals surface area contributed by atoms with E-state index in [1.54, 1.807) is 0 Å². The molecule has 0 radical (unpaired) electrons. The van der Waals surface area contributed by atoms with E-state index in [0.717, 1.165) is 63.0 Å². The van der Waals surface area contributed by atoms with Gasteiger partial charge in [-0.05, 0) is 47.8 Å². The summed E-state index contributed by atoms with van der Waals surface area (Å²) in [6.07, 6.45) is 12.9. The highest BCUT2D eigenvalue weighted by Gasteiger charge is 2.17. The van der Waals surface area contributed by atoms with Crippen LogP contribution in [0.1, 0.15) is 54.4 Å². The van der Waals surface area contributed by atoms with E-state index in [0.29, 0.717) is 6.54 Å². The van der Waals surface area contributed by atoms with E-state index in [1.807, 2.05) is 6.92 Å². The first-order valence-corrected chi connectivity index (χ1v) is 11.8. The van der Waals surface area contributed by atoms with Crippen LogP contribution < -0.4 is 15.8 Å². The van der Waals surface area contributed by atoms with Gasteiger partial charge in [0, 0.05) is 51.0 Å². The number of amides is 1. The molecule has 30 heavy (non-hydrogen) atoms. The molecule has 2 fully saturated rings.